The first kappa shape index (κ1) is 13.9. The molecule has 2 heterocycles. The third kappa shape index (κ3) is 2.57. The lowest BCUT2D eigenvalue weighted by Crippen LogP contribution is -2.29. The zero-order valence-electron chi connectivity index (χ0n) is 11.0. The molecule has 1 unspecified atom stereocenters. The highest BCUT2D eigenvalue weighted by Gasteiger charge is 2.19. The van der Waals surface area contributed by atoms with Crippen LogP contribution in [-0.4, -0.2) is 25.7 Å². The van der Waals surface area contributed by atoms with E-state index in [0.29, 0.717) is 5.82 Å². The molecule has 2 aromatic heterocycles. The van der Waals surface area contributed by atoms with Gasteiger partial charge in [-0.05, 0) is 13.0 Å². The van der Waals surface area contributed by atoms with Gasteiger partial charge in [0.25, 0.3) is 5.91 Å². The standard InChI is InChI=1S/C11H14FN7O/c1-6(10-18-15-5-19(10)2)16-11(20)7-3-4-14-9(17-13)8(7)12/h3-6H,13H2,1-2H3,(H,14,17)(H,16,20). The van der Waals surface area contributed by atoms with E-state index < -0.39 is 17.8 Å². The molecule has 1 atom stereocenters. The van der Waals surface area contributed by atoms with Crippen molar-refractivity contribution in [3.05, 3.63) is 35.8 Å². The quantitative estimate of drug-likeness (QED) is 0.542. The minimum absolute atomic E-state index is 0.151. The van der Waals surface area contributed by atoms with Crippen LogP contribution in [0.1, 0.15) is 29.1 Å². The van der Waals surface area contributed by atoms with E-state index in [0.717, 1.165) is 0 Å². The third-order valence-corrected chi connectivity index (χ3v) is 2.75. The van der Waals surface area contributed by atoms with Crippen molar-refractivity contribution in [1.82, 2.24) is 25.1 Å². The Bertz CT molecular complexity index is 627. The predicted molar refractivity (Wildman–Crippen MR) is 68.9 cm³/mol. The van der Waals surface area contributed by atoms with E-state index in [1.807, 2.05) is 0 Å². The van der Waals surface area contributed by atoms with Crippen LogP contribution in [0.2, 0.25) is 0 Å². The van der Waals surface area contributed by atoms with Gasteiger partial charge in [-0.15, -0.1) is 10.2 Å². The highest BCUT2D eigenvalue weighted by Crippen LogP contribution is 2.15. The number of amides is 1. The number of anilines is 1. The number of hydrogen-bond donors (Lipinski definition) is 3. The van der Waals surface area contributed by atoms with Crippen LogP contribution < -0.4 is 16.6 Å². The van der Waals surface area contributed by atoms with E-state index in [1.165, 1.54) is 18.6 Å². The van der Waals surface area contributed by atoms with E-state index in [1.54, 1.807) is 18.5 Å². The fraction of sp³-hybridized carbons (Fsp3) is 0.273. The van der Waals surface area contributed by atoms with Gasteiger partial charge in [0.1, 0.15) is 6.33 Å². The number of pyridine rings is 1. The molecule has 0 radical (unpaired) electrons. The van der Waals surface area contributed by atoms with Crippen molar-refractivity contribution < 1.29 is 9.18 Å². The number of hydrogen-bond acceptors (Lipinski definition) is 6. The van der Waals surface area contributed by atoms with Gasteiger partial charge in [0.05, 0.1) is 11.6 Å². The lowest BCUT2D eigenvalue weighted by molar-refractivity contribution is 0.0933. The molecular weight excluding hydrogens is 265 g/mol. The molecule has 4 N–H and O–H groups in total. The van der Waals surface area contributed by atoms with Crippen LogP contribution in [0.4, 0.5) is 10.2 Å². The molecule has 0 aliphatic heterocycles. The molecule has 0 bridgehead atoms. The minimum Gasteiger partial charge on any atom is -0.342 e. The molecule has 0 spiro atoms. The van der Waals surface area contributed by atoms with E-state index in [4.69, 9.17) is 5.84 Å². The van der Waals surface area contributed by atoms with Gasteiger partial charge in [-0.1, -0.05) is 0 Å². The predicted octanol–water partition coefficient (Wildman–Crippen LogP) is 0.126. The maximum Gasteiger partial charge on any atom is 0.255 e. The van der Waals surface area contributed by atoms with Crippen LogP contribution in [-0.2, 0) is 7.05 Å². The van der Waals surface area contributed by atoms with Crippen molar-refractivity contribution in [3.8, 4) is 0 Å². The Labute approximate surface area is 114 Å². The van der Waals surface area contributed by atoms with Gasteiger partial charge in [-0.2, -0.15) is 0 Å². The molecule has 0 saturated heterocycles. The van der Waals surface area contributed by atoms with Crippen molar-refractivity contribution in [2.24, 2.45) is 12.9 Å². The molecule has 8 nitrogen and oxygen atoms in total. The molecule has 0 aromatic carbocycles. The van der Waals surface area contributed by atoms with Gasteiger partial charge < -0.3 is 15.3 Å². The molecule has 0 saturated carbocycles. The number of rotatable bonds is 4. The molecule has 20 heavy (non-hydrogen) atoms. The summed E-state index contributed by atoms with van der Waals surface area (Å²) in [7, 11) is 1.75. The minimum atomic E-state index is -0.808. The molecule has 0 aliphatic rings. The second kappa shape index (κ2) is 5.61. The number of carbonyl (C=O) groups is 1. The summed E-state index contributed by atoms with van der Waals surface area (Å²) in [6, 6.07) is 0.853. The summed E-state index contributed by atoms with van der Waals surface area (Å²) >= 11 is 0. The number of nitrogen functional groups attached to an aromatic ring is 1. The average molecular weight is 279 g/mol. The summed E-state index contributed by atoms with van der Waals surface area (Å²) in [6.45, 7) is 1.73. The van der Waals surface area contributed by atoms with Crippen LogP contribution in [0.15, 0.2) is 18.6 Å². The van der Waals surface area contributed by atoms with Gasteiger partial charge in [-0.3, -0.25) is 4.79 Å². The number of aryl methyl sites for hydroxylation is 1. The lowest BCUT2D eigenvalue weighted by Gasteiger charge is -2.13. The molecule has 2 aromatic rings. The van der Waals surface area contributed by atoms with Crippen molar-refractivity contribution in [2.45, 2.75) is 13.0 Å². The van der Waals surface area contributed by atoms with E-state index >= 15 is 0 Å². The fourth-order valence-electron chi connectivity index (χ4n) is 1.74. The second-order valence-corrected chi connectivity index (χ2v) is 4.16. The Morgan fingerprint density at radius 2 is 2.30 bits per heavy atom. The van der Waals surface area contributed by atoms with E-state index in [-0.39, 0.29) is 11.4 Å². The number of carbonyl (C=O) groups excluding carboxylic acids is 1. The summed E-state index contributed by atoms with van der Waals surface area (Å²) in [5.41, 5.74) is 1.94. The van der Waals surface area contributed by atoms with Crippen molar-refractivity contribution in [1.29, 1.82) is 0 Å². The van der Waals surface area contributed by atoms with Crippen LogP contribution >= 0.6 is 0 Å². The number of aromatic nitrogens is 4. The van der Waals surface area contributed by atoms with Crippen LogP contribution in [0.3, 0.4) is 0 Å². The van der Waals surface area contributed by atoms with Gasteiger partial charge in [0, 0.05) is 13.2 Å². The average Bonchev–Trinajstić information content (AvgIpc) is 2.85. The highest BCUT2D eigenvalue weighted by molar-refractivity contribution is 5.95. The van der Waals surface area contributed by atoms with Gasteiger partial charge in [-0.25, -0.2) is 15.2 Å². The topological polar surface area (TPSA) is 111 Å². The van der Waals surface area contributed by atoms with Gasteiger partial charge in [0.2, 0.25) is 0 Å². The summed E-state index contributed by atoms with van der Waals surface area (Å²) in [4.78, 5) is 15.7. The first-order valence-corrected chi connectivity index (χ1v) is 5.80. The third-order valence-electron chi connectivity index (χ3n) is 2.75. The molecule has 0 fully saturated rings. The normalized spacial score (nSPS) is 12.0. The smallest absolute Gasteiger partial charge is 0.255 e. The monoisotopic (exact) mass is 279 g/mol. The molecule has 106 valence electrons. The molecule has 2 rings (SSSR count). The summed E-state index contributed by atoms with van der Waals surface area (Å²) in [6.07, 6.45) is 2.81. The van der Waals surface area contributed by atoms with Crippen LogP contribution in [0, 0.1) is 5.82 Å². The SMILES string of the molecule is CC(NC(=O)c1ccnc(NN)c1F)c1nncn1C. The molecular formula is C11H14FN7O. The summed E-state index contributed by atoms with van der Waals surface area (Å²) in [5, 5.41) is 10.2. The largest absolute Gasteiger partial charge is 0.342 e. The highest BCUT2D eigenvalue weighted by atomic mass is 19.1. The van der Waals surface area contributed by atoms with Crippen LogP contribution in [0.25, 0.3) is 0 Å². The molecule has 9 heteroatoms. The number of nitrogens with one attached hydrogen (secondary N) is 2. The van der Waals surface area contributed by atoms with Crippen molar-refractivity contribution >= 4 is 11.7 Å². The summed E-state index contributed by atoms with van der Waals surface area (Å²) < 4.78 is 15.6. The van der Waals surface area contributed by atoms with E-state index in [9.17, 15) is 9.18 Å². The Balaban J connectivity index is 2.19. The first-order chi connectivity index (χ1) is 9.54. The maximum atomic E-state index is 13.9. The van der Waals surface area contributed by atoms with E-state index in [2.05, 4.69) is 25.9 Å². The van der Waals surface area contributed by atoms with Crippen molar-refractivity contribution in [3.63, 3.8) is 0 Å². The Hall–Kier alpha value is -2.55. The van der Waals surface area contributed by atoms with Crippen LogP contribution in [0.5, 0.6) is 0 Å². The molecule has 0 aliphatic carbocycles. The zero-order chi connectivity index (χ0) is 14.7. The Morgan fingerprint density at radius 3 is 2.90 bits per heavy atom. The molecule has 1 amide bonds. The Morgan fingerprint density at radius 1 is 1.55 bits per heavy atom. The number of nitrogens with zero attached hydrogens (tertiary/aromatic N) is 4. The second-order valence-electron chi connectivity index (χ2n) is 4.16. The maximum absolute atomic E-state index is 13.9. The number of nitrogens with two attached hydrogens (primary N) is 1. The lowest BCUT2D eigenvalue weighted by atomic mass is 10.2. The zero-order valence-corrected chi connectivity index (χ0v) is 11.0. The van der Waals surface area contributed by atoms with Crippen molar-refractivity contribution in [2.75, 3.05) is 5.43 Å². The number of hydrazine groups is 1. The number of halogens is 1. The summed E-state index contributed by atoms with van der Waals surface area (Å²) in [5.74, 6) is 4.09. The van der Waals surface area contributed by atoms with Gasteiger partial charge >= 0.3 is 0 Å². The first-order valence-electron chi connectivity index (χ1n) is 5.80. The Kier molecular flexibility index (Phi) is 3.89. The fourth-order valence-corrected chi connectivity index (χ4v) is 1.74. The van der Waals surface area contributed by atoms with Gasteiger partial charge in [0.15, 0.2) is 17.5 Å².